The maximum absolute atomic E-state index is 8.91. The van der Waals surface area contributed by atoms with Gasteiger partial charge < -0.3 is 4.90 Å². The summed E-state index contributed by atoms with van der Waals surface area (Å²) >= 11 is 0. The maximum atomic E-state index is 8.91. The Morgan fingerprint density at radius 2 is 1.42 bits per heavy atom. The summed E-state index contributed by atoms with van der Waals surface area (Å²) in [6.07, 6.45) is 5.25. The molecule has 2 aromatic rings. The van der Waals surface area contributed by atoms with Gasteiger partial charge >= 0.3 is 0 Å². The Hall–Kier alpha value is -2.27. The molecule has 0 bridgehead atoms. The van der Waals surface area contributed by atoms with Crippen molar-refractivity contribution in [3.8, 4) is 6.07 Å². The Labute approximate surface area is 145 Å². The molecule has 0 heterocycles. The van der Waals surface area contributed by atoms with Gasteiger partial charge in [-0.15, -0.1) is 0 Å². The molecule has 1 aliphatic carbocycles. The van der Waals surface area contributed by atoms with E-state index in [4.69, 9.17) is 5.26 Å². The molecule has 0 amide bonds. The molecule has 0 N–H and O–H groups in total. The molecule has 0 aromatic heterocycles. The van der Waals surface area contributed by atoms with Crippen LogP contribution in [0.3, 0.4) is 0 Å². The number of anilines is 2. The molecule has 2 nitrogen and oxygen atoms in total. The highest BCUT2D eigenvalue weighted by molar-refractivity contribution is 5.63. The zero-order chi connectivity index (χ0) is 17.2. The van der Waals surface area contributed by atoms with Crippen LogP contribution in [0.5, 0.6) is 0 Å². The predicted octanol–water partition coefficient (Wildman–Crippen LogP) is 6.01. The number of nitriles is 1. The minimum atomic E-state index is 0.520. The summed E-state index contributed by atoms with van der Waals surface area (Å²) in [4.78, 5) is 2.16. The van der Waals surface area contributed by atoms with Gasteiger partial charge in [0.15, 0.2) is 0 Å². The first-order chi connectivity index (χ1) is 11.5. The van der Waals surface area contributed by atoms with E-state index in [1.54, 1.807) is 0 Å². The van der Waals surface area contributed by atoms with Crippen LogP contribution in [0.4, 0.5) is 11.4 Å². The minimum Gasteiger partial charge on any atom is -0.345 e. The molecule has 0 spiro atoms. The minimum absolute atomic E-state index is 0.520. The van der Waals surface area contributed by atoms with Crippen LogP contribution in [0, 0.1) is 16.7 Å². The summed E-state index contributed by atoms with van der Waals surface area (Å²) in [5, 5.41) is 8.91. The highest BCUT2D eigenvalue weighted by Crippen LogP contribution is 2.42. The molecule has 1 aliphatic rings. The number of hydrogen-bond donors (Lipinski definition) is 0. The van der Waals surface area contributed by atoms with Crippen molar-refractivity contribution in [2.45, 2.75) is 45.4 Å². The van der Waals surface area contributed by atoms with Crippen molar-refractivity contribution in [1.82, 2.24) is 0 Å². The summed E-state index contributed by atoms with van der Waals surface area (Å²) < 4.78 is 0. The first kappa shape index (κ1) is 16.6. The number of rotatable bonds is 3. The Morgan fingerprint density at radius 3 is 1.92 bits per heavy atom. The van der Waals surface area contributed by atoms with E-state index in [0.29, 0.717) is 16.9 Å². The number of benzene rings is 2. The average molecular weight is 318 g/mol. The largest absolute Gasteiger partial charge is 0.345 e. The van der Waals surface area contributed by atoms with E-state index in [-0.39, 0.29) is 0 Å². The lowest BCUT2D eigenvalue weighted by Gasteiger charge is -2.34. The second-order valence-corrected chi connectivity index (χ2v) is 7.75. The molecule has 3 rings (SSSR count). The Morgan fingerprint density at radius 1 is 0.917 bits per heavy atom. The van der Waals surface area contributed by atoms with Crippen LogP contribution in [0.1, 0.15) is 56.6 Å². The second kappa shape index (κ2) is 6.69. The number of hydrogen-bond acceptors (Lipinski definition) is 2. The third-order valence-corrected chi connectivity index (χ3v) is 5.47. The lowest BCUT2D eigenvalue weighted by Crippen LogP contribution is -2.20. The highest BCUT2D eigenvalue weighted by atomic mass is 15.1. The summed E-state index contributed by atoms with van der Waals surface area (Å²) in [6.45, 7) is 4.78. The second-order valence-electron chi connectivity index (χ2n) is 7.75. The fourth-order valence-corrected chi connectivity index (χ4v) is 3.61. The van der Waals surface area contributed by atoms with Crippen LogP contribution in [-0.2, 0) is 0 Å². The summed E-state index contributed by atoms with van der Waals surface area (Å²) in [7, 11) is 2.07. The van der Waals surface area contributed by atoms with Crippen molar-refractivity contribution in [3.05, 3.63) is 59.7 Å². The van der Waals surface area contributed by atoms with E-state index in [0.717, 1.165) is 5.69 Å². The molecule has 2 aromatic carbocycles. The van der Waals surface area contributed by atoms with Crippen molar-refractivity contribution >= 4 is 11.4 Å². The van der Waals surface area contributed by atoms with Crippen LogP contribution in [0.15, 0.2) is 48.5 Å². The van der Waals surface area contributed by atoms with Gasteiger partial charge in [0.25, 0.3) is 0 Å². The molecule has 0 unspecified atom stereocenters. The molecule has 0 aliphatic heterocycles. The normalized spacial score (nSPS) is 17.2. The van der Waals surface area contributed by atoms with Gasteiger partial charge in [0.05, 0.1) is 11.6 Å². The van der Waals surface area contributed by atoms with Crippen molar-refractivity contribution in [2.24, 2.45) is 5.41 Å². The van der Waals surface area contributed by atoms with E-state index < -0.39 is 0 Å². The molecule has 0 atom stereocenters. The van der Waals surface area contributed by atoms with Gasteiger partial charge in [-0.25, -0.2) is 0 Å². The van der Waals surface area contributed by atoms with Crippen molar-refractivity contribution in [2.75, 3.05) is 11.9 Å². The third kappa shape index (κ3) is 3.62. The van der Waals surface area contributed by atoms with Crippen LogP contribution < -0.4 is 4.90 Å². The quantitative estimate of drug-likeness (QED) is 0.693. The van der Waals surface area contributed by atoms with Gasteiger partial charge in [0, 0.05) is 18.4 Å². The Balaban J connectivity index is 1.71. The molecule has 0 saturated heterocycles. The first-order valence-electron chi connectivity index (χ1n) is 8.82. The van der Waals surface area contributed by atoms with E-state index in [1.807, 2.05) is 24.3 Å². The smallest absolute Gasteiger partial charge is 0.0991 e. The van der Waals surface area contributed by atoms with E-state index >= 15 is 0 Å². The van der Waals surface area contributed by atoms with Crippen molar-refractivity contribution in [1.29, 1.82) is 5.26 Å². The SMILES string of the molecule is CN(c1ccc(C#N)cc1)c1ccc(C2CCC(C)(C)CC2)cc1. The summed E-state index contributed by atoms with van der Waals surface area (Å²) in [6, 6.07) is 18.9. The van der Waals surface area contributed by atoms with Crippen LogP contribution in [0.25, 0.3) is 0 Å². The maximum Gasteiger partial charge on any atom is 0.0991 e. The predicted molar refractivity (Wildman–Crippen MR) is 101 cm³/mol. The molecule has 1 saturated carbocycles. The van der Waals surface area contributed by atoms with Crippen LogP contribution in [0.2, 0.25) is 0 Å². The topological polar surface area (TPSA) is 27.0 Å². The highest BCUT2D eigenvalue weighted by Gasteiger charge is 2.27. The summed E-state index contributed by atoms with van der Waals surface area (Å²) in [5.41, 5.74) is 4.97. The molecule has 2 heteroatoms. The van der Waals surface area contributed by atoms with Gasteiger partial charge in [-0.3, -0.25) is 0 Å². The summed E-state index contributed by atoms with van der Waals surface area (Å²) in [5.74, 6) is 0.715. The molecular weight excluding hydrogens is 292 g/mol. The van der Waals surface area contributed by atoms with E-state index in [9.17, 15) is 0 Å². The van der Waals surface area contributed by atoms with Crippen LogP contribution >= 0.6 is 0 Å². The molecule has 124 valence electrons. The van der Waals surface area contributed by atoms with E-state index in [2.05, 4.69) is 56.1 Å². The molecule has 1 fully saturated rings. The number of nitrogens with zero attached hydrogens (tertiary/aromatic N) is 2. The van der Waals surface area contributed by atoms with Gasteiger partial charge in [-0.05, 0) is 79.0 Å². The standard InChI is InChI=1S/C22H26N2/c1-22(2)14-12-19(13-15-22)18-6-10-21(11-7-18)24(3)20-8-4-17(16-23)5-9-20/h4-11,19H,12-15H2,1-3H3. The fourth-order valence-electron chi connectivity index (χ4n) is 3.61. The molecular formula is C22H26N2. The lowest BCUT2D eigenvalue weighted by atomic mass is 9.71. The van der Waals surface area contributed by atoms with Gasteiger partial charge in [0.2, 0.25) is 0 Å². The van der Waals surface area contributed by atoms with E-state index in [1.165, 1.54) is 36.9 Å². The Bertz CT molecular complexity index is 710. The molecule has 24 heavy (non-hydrogen) atoms. The zero-order valence-corrected chi connectivity index (χ0v) is 14.9. The van der Waals surface area contributed by atoms with Gasteiger partial charge in [-0.2, -0.15) is 5.26 Å². The van der Waals surface area contributed by atoms with Crippen molar-refractivity contribution in [3.63, 3.8) is 0 Å². The average Bonchev–Trinajstić information content (AvgIpc) is 2.61. The first-order valence-corrected chi connectivity index (χ1v) is 8.82. The van der Waals surface area contributed by atoms with Crippen LogP contribution in [-0.4, -0.2) is 7.05 Å². The third-order valence-electron chi connectivity index (χ3n) is 5.47. The van der Waals surface area contributed by atoms with Gasteiger partial charge in [0.1, 0.15) is 0 Å². The zero-order valence-electron chi connectivity index (χ0n) is 14.9. The fraction of sp³-hybridized carbons (Fsp3) is 0.409. The monoisotopic (exact) mass is 318 g/mol. The lowest BCUT2D eigenvalue weighted by molar-refractivity contribution is 0.224. The Kier molecular flexibility index (Phi) is 4.62. The molecule has 0 radical (unpaired) electrons. The van der Waals surface area contributed by atoms with Crippen molar-refractivity contribution < 1.29 is 0 Å². The van der Waals surface area contributed by atoms with Gasteiger partial charge in [-0.1, -0.05) is 26.0 Å².